The summed E-state index contributed by atoms with van der Waals surface area (Å²) >= 11 is 0. The Bertz CT molecular complexity index is 815. The van der Waals surface area contributed by atoms with Crippen molar-refractivity contribution in [2.45, 2.75) is 39.3 Å². The highest BCUT2D eigenvalue weighted by Crippen LogP contribution is 2.21. The Labute approximate surface area is 178 Å². The molecule has 1 heterocycles. The number of esters is 1. The van der Waals surface area contributed by atoms with Gasteiger partial charge in [-0.3, -0.25) is 9.59 Å². The normalized spacial score (nSPS) is 15.3. The zero-order valence-electron chi connectivity index (χ0n) is 17.7. The Morgan fingerprint density at radius 1 is 1.07 bits per heavy atom. The number of ether oxygens (including phenoxy) is 2. The molecule has 0 radical (unpaired) electrons. The van der Waals surface area contributed by atoms with Crippen molar-refractivity contribution in [3.63, 3.8) is 0 Å². The molecule has 2 aromatic carbocycles. The summed E-state index contributed by atoms with van der Waals surface area (Å²) < 4.78 is 10.9. The van der Waals surface area contributed by atoms with E-state index in [-0.39, 0.29) is 23.8 Å². The fourth-order valence-corrected chi connectivity index (χ4v) is 3.57. The molecule has 1 amide bonds. The van der Waals surface area contributed by atoms with Gasteiger partial charge in [0.2, 0.25) is 5.91 Å². The number of piperidine rings is 1. The number of carbonyl (C=O) groups is 2. The van der Waals surface area contributed by atoms with Crippen molar-refractivity contribution in [2.75, 3.05) is 25.0 Å². The summed E-state index contributed by atoms with van der Waals surface area (Å²) in [5, 5.41) is 3.26. The number of nitrogens with zero attached hydrogens (tertiary/aromatic N) is 1. The quantitative estimate of drug-likeness (QED) is 0.669. The molecule has 0 aliphatic carbocycles. The van der Waals surface area contributed by atoms with Crippen LogP contribution in [-0.2, 0) is 20.9 Å². The fourth-order valence-electron chi connectivity index (χ4n) is 3.57. The van der Waals surface area contributed by atoms with Gasteiger partial charge >= 0.3 is 5.97 Å². The topological polar surface area (TPSA) is 67.9 Å². The van der Waals surface area contributed by atoms with Crippen molar-refractivity contribution in [3.05, 3.63) is 60.2 Å². The summed E-state index contributed by atoms with van der Waals surface area (Å²) in [6, 6.07) is 17.3. The first-order valence-corrected chi connectivity index (χ1v) is 10.6. The number of nitrogens with one attached hydrogen (secondary N) is 1. The fraction of sp³-hybridized carbons (Fsp3) is 0.417. The van der Waals surface area contributed by atoms with Crippen molar-refractivity contribution in [2.24, 2.45) is 5.92 Å². The Kier molecular flexibility index (Phi) is 7.71. The number of benzene rings is 2. The Balaban J connectivity index is 1.45. The Morgan fingerprint density at radius 2 is 1.73 bits per heavy atom. The summed E-state index contributed by atoms with van der Waals surface area (Å²) in [4.78, 5) is 26.4. The van der Waals surface area contributed by atoms with Gasteiger partial charge in [0, 0.05) is 18.8 Å². The summed E-state index contributed by atoms with van der Waals surface area (Å²) in [7, 11) is 0. The molecular formula is C24H30N2O4. The van der Waals surface area contributed by atoms with Crippen LogP contribution in [0.2, 0.25) is 0 Å². The number of hydrogen-bond acceptors (Lipinski definition) is 5. The standard InChI is InChI=1S/C24H30N2O4/c1-3-29-24(28)20-13-15-26(16-14-20)23(27)18(2)25-21-9-11-22(12-10-21)30-17-19-7-5-4-6-8-19/h4-12,18,20,25H,3,13-17H2,1-2H3/t18-/m1/s1. The van der Waals surface area contributed by atoms with Crippen LogP contribution in [-0.4, -0.2) is 42.5 Å². The molecule has 30 heavy (non-hydrogen) atoms. The van der Waals surface area contributed by atoms with Gasteiger partial charge in [-0.15, -0.1) is 0 Å². The predicted molar refractivity (Wildman–Crippen MR) is 116 cm³/mol. The number of likely N-dealkylation sites (tertiary alicyclic amines) is 1. The molecule has 0 saturated carbocycles. The molecule has 3 rings (SSSR count). The van der Waals surface area contributed by atoms with Crippen molar-refractivity contribution in [3.8, 4) is 5.75 Å². The minimum Gasteiger partial charge on any atom is -0.489 e. The van der Waals surface area contributed by atoms with Crippen LogP contribution in [0.1, 0.15) is 32.3 Å². The molecule has 2 aromatic rings. The average Bonchev–Trinajstić information content (AvgIpc) is 2.79. The van der Waals surface area contributed by atoms with E-state index in [4.69, 9.17) is 9.47 Å². The molecule has 0 unspecified atom stereocenters. The molecule has 1 aliphatic rings. The number of rotatable bonds is 8. The third-order valence-corrected chi connectivity index (χ3v) is 5.28. The smallest absolute Gasteiger partial charge is 0.309 e. The van der Waals surface area contributed by atoms with Crippen LogP contribution in [0.3, 0.4) is 0 Å². The van der Waals surface area contributed by atoms with Crippen LogP contribution in [0.4, 0.5) is 5.69 Å². The lowest BCUT2D eigenvalue weighted by atomic mass is 9.96. The van der Waals surface area contributed by atoms with Gasteiger partial charge in [0.05, 0.1) is 12.5 Å². The minimum atomic E-state index is -0.347. The van der Waals surface area contributed by atoms with Gasteiger partial charge in [0.1, 0.15) is 18.4 Å². The maximum absolute atomic E-state index is 12.8. The first kappa shape index (κ1) is 21.7. The van der Waals surface area contributed by atoms with Gasteiger partial charge in [-0.1, -0.05) is 30.3 Å². The highest BCUT2D eigenvalue weighted by Gasteiger charge is 2.30. The van der Waals surface area contributed by atoms with Gasteiger partial charge < -0.3 is 19.7 Å². The summed E-state index contributed by atoms with van der Waals surface area (Å²) in [5.41, 5.74) is 1.98. The molecule has 1 saturated heterocycles. The molecule has 6 heteroatoms. The third-order valence-electron chi connectivity index (χ3n) is 5.28. The first-order chi connectivity index (χ1) is 14.6. The lowest BCUT2D eigenvalue weighted by Crippen LogP contribution is -2.46. The molecular weight excluding hydrogens is 380 g/mol. The van der Waals surface area contributed by atoms with Crippen LogP contribution >= 0.6 is 0 Å². The second-order valence-corrected chi connectivity index (χ2v) is 7.52. The summed E-state index contributed by atoms with van der Waals surface area (Å²) in [6.45, 7) is 5.76. The molecule has 6 nitrogen and oxygen atoms in total. The molecule has 0 bridgehead atoms. The molecule has 1 N–H and O–H groups in total. The van der Waals surface area contributed by atoms with Crippen LogP contribution in [0.15, 0.2) is 54.6 Å². The van der Waals surface area contributed by atoms with Crippen molar-refractivity contribution in [1.82, 2.24) is 4.90 Å². The second-order valence-electron chi connectivity index (χ2n) is 7.52. The van der Waals surface area contributed by atoms with E-state index < -0.39 is 0 Å². The molecule has 160 valence electrons. The summed E-state index contributed by atoms with van der Waals surface area (Å²) in [6.07, 6.45) is 1.31. The lowest BCUT2D eigenvalue weighted by molar-refractivity contribution is -0.151. The van der Waals surface area contributed by atoms with Crippen LogP contribution < -0.4 is 10.1 Å². The number of carbonyl (C=O) groups excluding carboxylic acids is 2. The number of amides is 1. The first-order valence-electron chi connectivity index (χ1n) is 10.6. The Morgan fingerprint density at radius 3 is 2.37 bits per heavy atom. The van der Waals surface area contributed by atoms with E-state index in [0.717, 1.165) is 17.0 Å². The van der Waals surface area contributed by atoms with E-state index in [1.165, 1.54) is 0 Å². The highest BCUT2D eigenvalue weighted by atomic mass is 16.5. The molecule has 1 fully saturated rings. The van der Waals surface area contributed by atoms with Gasteiger partial charge in [0.15, 0.2) is 0 Å². The van der Waals surface area contributed by atoms with Crippen molar-refractivity contribution in [1.29, 1.82) is 0 Å². The molecule has 1 aliphatic heterocycles. The maximum Gasteiger partial charge on any atom is 0.309 e. The maximum atomic E-state index is 12.8. The van der Waals surface area contributed by atoms with Crippen LogP contribution in [0.25, 0.3) is 0 Å². The van der Waals surface area contributed by atoms with Gasteiger partial charge in [-0.25, -0.2) is 0 Å². The second kappa shape index (κ2) is 10.7. The van der Waals surface area contributed by atoms with Crippen LogP contribution in [0, 0.1) is 5.92 Å². The monoisotopic (exact) mass is 410 g/mol. The lowest BCUT2D eigenvalue weighted by Gasteiger charge is -2.33. The van der Waals surface area contributed by atoms with E-state index >= 15 is 0 Å². The van der Waals surface area contributed by atoms with E-state index in [1.807, 2.05) is 73.3 Å². The highest BCUT2D eigenvalue weighted by molar-refractivity contribution is 5.84. The predicted octanol–water partition coefficient (Wildman–Crippen LogP) is 3.87. The van der Waals surface area contributed by atoms with Gasteiger partial charge in [-0.2, -0.15) is 0 Å². The Hall–Kier alpha value is -3.02. The van der Waals surface area contributed by atoms with E-state index in [9.17, 15) is 9.59 Å². The number of anilines is 1. The SMILES string of the molecule is CCOC(=O)C1CCN(C(=O)[C@@H](C)Nc2ccc(OCc3ccccc3)cc2)CC1. The van der Waals surface area contributed by atoms with Crippen molar-refractivity contribution < 1.29 is 19.1 Å². The largest absolute Gasteiger partial charge is 0.489 e. The number of hydrogen-bond donors (Lipinski definition) is 1. The van der Waals surface area contributed by atoms with E-state index in [1.54, 1.807) is 0 Å². The zero-order valence-corrected chi connectivity index (χ0v) is 17.7. The molecule has 0 aromatic heterocycles. The van der Waals surface area contributed by atoms with Gasteiger partial charge in [-0.05, 0) is 56.5 Å². The van der Waals surface area contributed by atoms with E-state index in [0.29, 0.717) is 39.1 Å². The summed E-state index contributed by atoms with van der Waals surface area (Å²) in [5.74, 6) is 0.581. The zero-order chi connectivity index (χ0) is 21.3. The van der Waals surface area contributed by atoms with Crippen LogP contribution in [0.5, 0.6) is 5.75 Å². The third kappa shape index (κ3) is 5.99. The van der Waals surface area contributed by atoms with Gasteiger partial charge in [0.25, 0.3) is 0 Å². The molecule has 0 spiro atoms. The van der Waals surface area contributed by atoms with E-state index in [2.05, 4.69) is 5.32 Å². The molecule has 1 atom stereocenters. The van der Waals surface area contributed by atoms with Crippen molar-refractivity contribution >= 4 is 17.6 Å². The average molecular weight is 411 g/mol. The minimum absolute atomic E-state index is 0.0433.